The van der Waals surface area contributed by atoms with Gasteiger partial charge in [-0.05, 0) is 24.3 Å². The van der Waals surface area contributed by atoms with Crippen molar-refractivity contribution in [2.45, 2.75) is 6.42 Å². The lowest BCUT2D eigenvalue weighted by atomic mass is 10.2. The van der Waals surface area contributed by atoms with E-state index in [4.69, 9.17) is 0 Å². The monoisotopic (exact) mass is 353 g/mol. The van der Waals surface area contributed by atoms with Gasteiger partial charge in [0.1, 0.15) is 5.82 Å². The lowest BCUT2D eigenvalue weighted by molar-refractivity contribution is -0.130. The van der Waals surface area contributed by atoms with Crippen LogP contribution < -0.4 is 4.90 Å². The van der Waals surface area contributed by atoms with E-state index in [9.17, 15) is 4.79 Å². The zero-order chi connectivity index (χ0) is 17.1. The van der Waals surface area contributed by atoms with Gasteiger partial charge in [0.05, 0.1) is 6.42 Å². The van der Waals surface area contributed by atoms with Crippen molar-refractivity contribution < 1.29 is 4.79 Å². The number of carbonyl (C=O) groups is 1. The second-order valence-electron chi connectivity index (χ2n) is 5.93. The highest BCUT2D eigenvalue weighted by molar-refractivity contribution is 7.14. The van der Waals surface area contributed by atoms with Crippen LogP contribution in [0.1, 0.15) is 4.88 Å². The number of piperazine rings is 1. The fourth-order valence-corrected chi connectivity index (χ4v) is 3.82. The van der Waals surface area contributed by atoms with Crippen LogP contribution >= 0.6 is 11.3 Å². The minimum absolute atomic E-state index is 0.170. The van der Waals surface area contributed by atoms with E-state index in [-0.39, 0.29) is 5.91 Å². The summed E-state index contributed by atoms with van der Waals surface area (Å²) in [5.74, 6) is 1.15. The third-order valence-corrected chi connectivity index (χ3v) is 5.31. The van der Waals surface area contributed by atoms with E-state index in [1.807, 2.05) is 58.4 Å². The molecule has 1 amide bonds. The summed E-state index contributed by atoms with van der Waals surface area (Å²) >= 11 is 1.56. The van der Waals surface area contributed by atoms with Crippen molar-refractivity contribution in [3.63, 3.8) is 0 Å². The van der Waals surface area contributed by atoms with Crippen molar-refractivity contribution in [2.24, 2.45) is 0 Å². The van der Waals surface area contributed by atoms with Crippen molar-refractivity contribution in [1.29, 1.82) is 0 Å². The molecular weight excluding hydrogens is 334 g/mol. The zero-order valence-electron chi connectivity index (χ0n) is 13.8. The molecule has 128 valence electrons. The average molecular weight is 353 g/mol. The zero-order valence-corrected chi connectivity index (χ0v) is 14.6. The van der Waals surface area contributed by atoms with Crippen LogP contribution in [0.2, 0.25) is 0 Å². The van der Waals surface area contributed by atoms with Gasteiger partial charge in [0, 0.05) is 55.8 Å². The maximum Gasteiger partial charge on any atom is 0.228 e. The SMILES string of the molecule is O=C(Cc1cnc(-n2cccc2)s1)N1CCN(c2ccccn2)CC1. The standard InChI is InChI=1S/C18H19N5OS/c24-17(13-15-14-20-18(25-15)23-7-3-4-8-23)22-11-9-21(10-12-22)16-5-1-2-6-19-16/h1-8,14H,9-13H2. The second-order valence-corrected chi connectivity index (χ2v) is 7.03. The molecule has 0 N–H and O–H groups in total. The molecule has 0 unspecified atom stereocenters. The summed E-state index contributed by atoms with van der Waals surface area (Å²) in [5, 5.41) is 0.896. The third kappa shape index (κ3) is 3.56. The first-order chi connectivity index (χ1) is 12.3. The Hall–Kier alpha value is -2.67. The molecule has 0 aromatic carbocycles. The maximum atomic E-state index is 12.6. The fraction of sp³-hybridized carbons (Fsp3) is 0.278. The quantitative estimate of drug-likeness (QED) is 0.722. The van der Waals surface area contributed by atoms with E-state index in [0.717, 1.165) is 42.0 Å². The van der Waals surface area contributed by atoms with E-state index in [0.29, 0.717) is 6.42 Å². The van der Waals surface area contributed by atoms with Crippen molar-refractivity contribution in [3.05, 3.63) is 60.0 Å². The van der Waals surface area contributed by atoms with Crippen LogP contribution in [0.4, 0.5) is 5.82 Å². The van der Waals surface area contributed by atoms with Gasteiger partial charge < -0.3 is 14.4 Å². The molecule has 1 fully saturated rings. The summed E-state index contributed by atoms with van der Waals surface area (Å²) in [6, 6.07) is 9.85. The number of anilines is 1. The molecule has 3 aromatic heterocycles. The number of amides is 1. The Bertz CT molecular complexity index is 822. The number of nitrogens with zero attached hydrogens (tertiary/aromatic N) is 5. The Morgan fingerprint density at radius 2 is 1.84 bits per heavy atom. The second kappa shape index (κ2) is 7.06. The minimum atomic E-state index is 0.170. The van der Waals surface area contributed by atoms with Crippen LogP contribution in [0.3, 0.4) is 0 Å². The van der Waals surface area contributed by atoms with E-state index in [2.05, 4.69) is 14.9 Å². The van der Waals surface area contributed by atoms with Crippen LogP contribution in [0.25, 0.3) is 5.13 Å². The molecule has 0 bridgehead atoms. The van der Waals surface area contributed by atoms with Gasteiger partial charge >= 0.3 is 0 Å². The minimum Gasteiger partial charge on any atom is -0.353 e. The number of thiazole rings is 1. The first kappa shape index (κ1) is 15.8. The smallest absolute Gasteiger partial charge is 0.228 e. The lowest BCUT2D eigenvalue weighted by Crippen LogP contribution is -2.49. The van der Waals surface area contributed by atoms with E-state index in [1.165, 1.54) is 0 Å². The molecular formula is C18H19N5OS. The van der Waals surface area contributed by atoms with E-state index in [1.54, 1.807) is 17.5 Å². The molecule has 0 radical (unpaired) electrons. The Morgan fingerprint density at radius 1 is 1.04 bits per heavy atom. The first-order valence-corrected chi connectivity index (χ1v) is 9.13. The van der Waals surface area contributed by atoms with Gasteiger partial charge in [0.25, 0.3) is 0 Å². The van der Waals surface area contributed by atoms with Crippen molar-refractivity contribution in [3.8, 4) is 5.13 Å². The molecule has 0 saturated carbocycles. The van der Waals surface area contributed by atoms with Gasteiger partial charge in [-0.25, -0.2) is 9.97 Å². The topological polar surface area (TPSA) is 54.3 Å². The Morgan fingerprint density at radius 3 is 2.56 bits per heavy atom. The molecule has 1 aliphatic heterocycles. The van der Waals surface area contributed by atoms with Crippen LogP contribution in [0.15, 0.2) is 55.1 Å². The van der Waals surface area contributed by atoms with Gasteiger partial charge in [-0.3, -0.25) is 4.79 Å². The number of hydrogen-bond donors (Lipinski definition) is 0. The number of pyridine rings is 1. The predicted molar refractivity (Wildman–Crippen MR) is 98.2 cm³/mol. The molecule has 25 heavy (non-hydrogen) atoms. The van der Waals surface area contributed by atoms with Crippen LogP contribution in [0.5, 0.6) is 0 Å². The fourth-order valence-electron chi connectivity index (χ4n) is 2.95. The Balaban J connectivity index is 1.34. The predicted octanol–water partition coefficient (Wildman–Crippen LogP) is 2.22. The Kier molecular flexibility index (Phi) is 4.47. The molecule has 3 aromatic rings. The molecule has 0 spiro atoms. The van der Waals surface area contributed by atoms with Crippen molar-refractivity contribution in [2.75, 3.05) is 31.1 Å². The largest absolute Gasteiger partial charge is 0.353 e. The third-order valence-electron chi connectivity index (χ3n) is 4.30. The summed E-state index contributed by atoms with van der Waals surface area (Å²) in [7, 11) is 0. The molecule has 1 aliphatic rings. The molecule has 4 rings (SSSR count). The van der Waals surface area contributed by atoms with Gasteiger partial charge in [0.2, 0.25) is 5.91 Å². The maximum absolute atomic E-state index is 12.6. The summed E-state index contributed by atoms with van der Waals surface area (Å²) in [4.78, 5) is 26.5. The van der Waals surface area contributed by atoms with Crippen LogP contribution in [-0.4, -0.2) is 51.5 Å². The van der Waals surface area contributed by atoms with Gasteiger partial charge in [-0.1, -0.05) is 6.07 Å². The normalized spacial score (nSPS) is 14.7. The summed E-state index contributed by atoms with van der Waals surface area (Å²) in [5.41, 5.74) is 0. The molecule has 1 saturated heterocycles. The van der Waals surface area contributed by atoms with Crippen LogP contribution in [-0.2, 0) is 11.2 Å². The molecule has 7 heteroatoms. The van der Waals surface area contributed by atoms with Crippen molar-refractivity contribution in [1.82, 2.24) is 19.4 Å². The van der Waals surface area contributed by atoms with Crippen molar-refractivity contribution >= 4 is 23.1 Å². The highest BCUT2D eigenvalue weighted by atomic mass is 32.1. The number of carbonyl (C=O) groups excluding carboxylic acids is 1. The van der Waals surface area contributed by atoms with E-state index >= 15 is 0 Å². The molecule has 0 aliphatic carbocycles. The first-order valence-electron chi connectivity index (χ1n) is 8.31. The number of aromatic nitrogens is 3. The number of rotatable bonds is 4. The van der Waals surface area contributed by atoms with Gasteiger partial charge in [-0.2, -0.15) is 0 Å². The summed E-state index contributed by atoms with van der Waals surface area (Å²) < 4.78 is 1.96. The summed E-state index contributed by atoms with van der Waals surface area (Å²) in [6.45, 7) is 3.11. The molecule has 4 heterocycles. The highest BCUT2D eigenvalue weighted by Gasteiger charge is 2.22. The van der Waals surface area contributed by atoms with Crippen LogP contribution in [0, 0.1) is 0 Å². The average Bonchev–Trinajstić information content (AvgIpc) is 3.34. The molecule has 0 atom stereocenters. The van der Waals surface area contributed by atoms with Gasteiger partial charge in [-0.15, -0.1) is 11.3 Å². The highest BCUT2D eigenvalue weighted by Crippen LogP contribution is 2.19. The van der Waals surface area contributed by atoms with E-state index < -0.39 is 0 Å². The summed E-state index contributed by atoms with van der Waals surface area (Å²) in [6.07, 6.45) is 7.95. The van der Waals surface area contributed by atoms with Gasteiger partial charge in [0.15, 0.2) is 5.13 Å². The lowest BCUT2D eigenvalue weighted by Gasteiger charge is -2.35. The molecule has 6 nitrogen and oxygen atoms in total. The number of hydrogen-bond acceptors (Lipinski definition) is 5. The Labute approximate surface area is 150 Å².